The lowest BCUT2D eigenvalue weighted by Crippen LogP contribution is -2.30. The van der Waals surface area contributed by atoms with Crippen LogP contribution in [-0.2, 0) is 37.4 Å². The third-order valence-electron chi connectivity index (χ3n) is 12.0. The molecule has 1 unspecified atom stereocenters. The highest BCUT2D eigenvalue weighted by molar-refractivity contribution is 7.47. The molecule has 370 valence electrons. The van der Waals surface area contributed by atoms with Crippen LogP contribution < -0.4 is 11.4 Å². The fraction of sp³-hybridized carbons (Fsp3) is 0.837. The number of carbonyl (C=O) groups excluding carboxylic acids is 2. The zero-order valence-electron chi connectivity index (χ0n) is 39.9. The number of carbonyl (C=O) groups is 2. The molecule has 1 aromatic heterocycles. The van der Waals surface area contributed by atoms with Crippen molar-refractivity contribution in [1.82, 2.24) is 9.55 Å². The molecule has 0 spiro atoms. The van der Waals surface area contributed by atoms with Crippen LogP contribution in [0.15, 0.2) is 29.2 Å². The predicted octanol–water partition coefficient (Wildman–Crippen LogP) is 11.8. The Morgan fingerprint density at radius 3 is 1.58 bits per heavy atom. The van der Waals surface area contributed by atoms with Crippen molar-refractivity contribution in [3.8, 4) is 0 Å². The molecule has 4 N–H and O–H groups in total. The minimum Gasteiger partial charge on any atom is -0.462 e. The fourth-order valence-corrected chi connectivity index (χ4v) is 8.74. The van der Waals surface area contributed by atoms with E-state index in [1.54, 1.807) is 0 Å². The Morgan fingerprint density at radius 1 is 0.719 bits per heavy atom. The van der Waals surface area contributed by atoms with Gasteiger partial charge in [-0.2, -0.15) is 4.98 Å². The number of ether oxygens (including phenoxy) is 3. The number of phosphoric acid groups is 1. The van der Waals surface area contributed by atoms with E-state index in [2.05, 4.69) is 25.4 Å². The molecule has 2 rings (SSSR count). The van der Waals surface area contributed by atoms with Crippen molar-refractivity contribution in [2.75, 3.05) is 25.6 Å². The van der Waals surface area contributed by atoms with E-state index in [1.807, 2.05) is 0 Å². The third kappa shape index (κ3) is 27.8. The summed E-state index contributed by atoms with van der Waals surface area (Å²) in [7, 11) is -4.79. The second-order valence-corrected chi connectivity index (χ2v) is 19.3. The molecule has 5 atom stereocenters. The molecule has 1 aliphatic heterocycles. The lowest BCUT2D eigenvalue weighted by Gasteiger charge is -2.21. The summed E-state index contributed by atoms with van der Waals surface area (Å²) in [5, 5.41) is 10.7. The first kappa shape index (κ1) is 57.5. The van der Waals surface area contributed by atoms with Crippen LogP contribution in [0.1, 0.15) is 226 Å². The van der Waals surface area contributed by atoms with Crippen molar-refractivity contribution in [2.24, 2.45) is 0 Å². The predicted molar refractivity (Wildman–Crippen MR) is 254 cm³/mol. The van der Waals surface area contributed by atoms with Crippen LogP contribution in [0, 0.1) is 0 Å². The van der Waals surface area contributed by atoms with Crippen molar-refractivity contribution in [3.63, 3.8) is 0 Å². The Balaban J connectivity index is 1.74. The summed E-state index contributed by atoms with van der Waals surface area (Å²) in [6, 6.07) is 1.38. The van der Waals surface area contributed by atoms with E-state index in [0.29, 0.717) is 12.8 Å². The van der Waals surface area contributed by atoms with Crippen LogP contribution in [0.2, 0.25) is 0 Å². The zero-order valence-corrected chi connectivity index (χ0v) is 40.8. The maximum atomic E-state index is 13.0. The minimum atomic E-state index is -4.79. The molecule has 1 aromatic rings. The quantitative estimate of drug-likeness (QED) is 0.0242. The Hall–Kier alpha value is -2.61. The average Bonchev–Trinajstić information content (AvgIpc) is 3.55. The summed E-state index contributed by atoms with van der Waals surface area (Å²) in [6.07, 6.45) is 33.3. The number of nitrogens with zero attached hydrogens (tertiary/aromatic N) is 2. The zero-order chi connectivity index (χ0) is 46.7. The van der Waals surface area contributed by atoms with Gasteiger partial charge in [0.2, 0.25) is 0 Å². The largest absolute Gasteiger partial charge is 0.472 e. The topological polar surface area (TPSA) is 199 Å². The van der Waals surface area contributed by atoms with E-state index in [0.717, 1.165) is 43.1 Å². The molecule has 0 amide bonds. The van der Waals surface area contributed by atoms with E-state index in [-0.39, 0.29) is 30.8 Å². The lowest BCUT2D eigenvalue weighted by atomic mass is 10.0. The van der Waals surface area contributed by atoms with E-state index < -0.39 is 63.2 Å². The minimum absolute atomic E-state index is 0.00708. The van der Waals surface area contributed by atoms with Gasteiger partial charge in [0.25, 0.3) is 0 Å². The van der Waals surface area contributed by atoms with Gasteiger partial charge in [-0.25, -0.2) is 9.36 Å². The molecular formula is C49H88N3O11P. The van der Waals surface area contributed by atoms with E-state index in [9.17, 15) is 28.9 Å². The molecule has 2 heterocycles. The Labute approximate surface area is 385 Å². The van der Waals surface area contributed by atoms with Crippen molar-refractivity contribution in [3.05, 3.63) is 34.9 Å². The molecule has 1 aliphatic rings. The highest BCUT2D eigenvalue weighted by Gasteiger charge is 2.41. The Morgan fingerprint density at radius 2 is 1.14 bits per heavy atom. The standard InChI is InChI=1S/C49H88N3O11P/c1-4-6-8-10-12-14-16-18-20-22-24-26-28-30-32-34-45(53)59-38-42(62-46(54)35-33-31-29-27-25-23-21-19-17-15-13-11-9-7-5-2)39-60-64(57,58)61-40-43-47(55)41(3)48(63-43)52-37-36-44(50)51-49(52)56/h36-37,42-43,47-48,55H,3-35,38-40H2,1-2H3,(H,57,58)(H2,50,51,56)/t42-,43-,47+,48-/m1/s1. The molecule has 1 saturated heterocycles. The van der Waals surface area contributed by atoms with Gasteiger partial charge in [-0.1, -0.05) is 200 Å². The first-order chi connectivity index (χ1) is 31.0. The van der Waals surface area contributed by atoms with Crippen LogP contribution >= 0.6 is 7.82 Å². The van der Waals surface area contributed by atoms with Gasteiger partial charge < -0.3 is 29.9 Å². The maximum Gasteiger partial charge on any atom is 0.472 e. The van der Waals surface area contributed by atoms with Gasteiger partial charge in [-0.3, -0.25) is 23.2 Å². The van der Waals surface area contributed by atoms with Crippen molar-refractivity contribution in [1.29, 1.82) is 0 Å². The number of nitrogen functional groups attached to an aromatic ring is 1. The number of unbranched alkanes of at least 4 members (excludes halogenated alkanes) is 28. The summed E-state index contributed by atoms with van der Waals surface area (Å²) < 4.78 is 41.1. The summed E-state index contributed by atoms with van der Waals surface area (Å²) in [5.74, 6) is -0.957. The van der Waals surface area contributed by atoms with Gasteiger partial charge in [0.05, 0.1) is 13.2 Å². The number of aromatic nitrogens is 2. The first-order valence-electron chi connectivity index (χ1n) is 25.3. The van der Waals surface area contributed by atoms with Gasteiger partial charge in [0, 0.05) is 24.6 Å². The van der Waals surface area contributed by atoms with Gasteiger partial charge in [0.1, 0.15) is 24.6 Å². The van der Waals surface area contributed by atoms with E-state index in [1.165, 1.54) is 154 Å². The molecular weight excluding hydrogens is 838 g/mol. The van der Waals surface area contributed by atoms with Crippen molar-refractivity contribution in [2.45, 2.75) is 244 Å². The summed E-state index contributed by atoms with van der Waals surface area (Å²) in [6.45, 7) is 6.76. The first-order valence-corrected chi connectivity index (χ1v) is 26.8. The average molecular weight is 926 g/mol. The van der Waals surface area contributed by atoms with Crippen LogP contribution in [0.3, 0.4) is 0 Å². The number of phosphoric ester groups is 1. The maximum absolute atomic E-state index is 13.0. The normalized spacial score (nSPS) is 17.7. The van der Waals surface area contributed by atoms with Gasteiger partial charge in [0.15, 0.2) is 12.3 Å². The molecule has 1 fully saturated rings. The SMILES string of the molecule is C=C1[C@H](n2ccc(N)nc2=O)O[C@H](COP(=O)(O)OC[C@@H](COC(=O)CCCCCCCCCCCCCCCCC)OC(=O)CCCCCCCCCCCCCCCCC)[C@H]1O. The van der Waals surface area contributed by atoms with E-state index >= 15 is 0 Å². The number of hydrogen-bond acceptors (Lipinski definition) is 12. The fourth-order valence-electron chi connectivity index (χ4n) is 7.97. The number of aliphatic hydroxyl groups excluding tert-OH is 1. The number of rotatable bonds is 42. The molecule has 0 aliphatic carbocycles. The molecule has 64 heavy (non-hydrogen) atoms. The smallest absolute Gasteiger partial charge is 0.462 e. The Kier molecular flexibility index (Phi) is 32.8. The van der Waals surface area contributed by atoms with Crippen molar-refractivity contribution >= 4 is 25.6 Å². The lowest BCUT2D eigenvalue weighted by molar-refractivity contribution is -0.161. The van der Waals surface area contributed by atoms with Crippen molar-refractivity contribution < 1.29 is 47.4 Å². The highest BCUT2D eigenvalue weighted by atomic mass is 31.2. The van der Waals surface area contributed by atoms with Gasteiger partial charge in [-0.05, 0) is 18.9 Å². The second kappa shape index (κ2) is 36.5. The molecule has 0 bridgehead atoms. The summed E-state index contributed by atoms with van der Waals surface area (Å²) >= 11 is 0. The monoisotopic (exact) mass is 926 g/mol. The number of aliphatic hydroxyl groups is 1. The second-order valence-electron chi connectivity index (χ2n) is 17.8. The number of esters is 2. The molecule has 0 aromatic carbocycles. The number of anilines is 1. The molecule has 14 nitrogen and oxygen atoms in total. The molecule has 15 heteroatoms. The van der Waals surface area contributed by atoms with Gasteiger partial charge >= 0.3 is 25.5 Å². The third-order valence-corrected chi connectivity index (χ3v) is 12.9. The summed E-state index contributed by atoms with van der Waals surface area (Å²) in [5.41, 5.74) is 4.96. The Bertz CT molecular complexity index is 1490. The van der Waals surface area contributed by atoms with Gasteiger partial charge in [-0.15, -0.1) is 0 Å². The number of hydrogen-bond donors (Lipinski definition) is 3. The number of nitrogens with two attached hydrogens (primary N) is 1. The molecule has 0 saturated carbocycles. The highest BCUT2D eigenvalue weighted by Crippen LogP contribution is 2.45. The van der Waals surface area contributed by atoms with Crippen LogP contribution in [0.5, 0.6) is 0 Å². The van der Waals surface area contributed by atoms with Crippen LogP contribution in [0.4, 0.5) is 5.82 Å². The molecule has 0 radical (unpaired) electrons. The van der Waals surface area contributed by atoms with Crippen LogP contribution in [0.25, 0.3) is 0 Å². The summed E-state index contributed by atoms with van der Waals surface area (Å²) in [4.78, 5) is 52.0. The van der Waals surface area contributed by atoms with Crippen LogP contribution in [-0.4, -0.2) is 69.6 Å². The van der Waals surface area contributed by atoms with E-state index in [4.69, 9.17) is 29.0 Å².